The number of halogens is 1. The maximum absolute atomic E-state index is 13.3. The molecule has 14 heavy (non-hydrogen) atoms. The van der Waals surface area contributed by atoms with E-state index in [-0.39, 0.29) is 11.3 Å². The van der Waals surface area contributed by atoms with Crippen LogP contribution in [0.5, 0.6) is 5.75 Å². The van der Waals surface area contributed by atoms with Crippen molar-refractivity contribution in [1.29, 1.82) is 0 Å². The summed E-state index contributed by atoms with van der Waals surface area (Å²) >= 11 is 0. The highest BCUT2D eigenvalue weighted by molar-refractivity contribution is 5.96. The van der Waals surface area contributed by atoms with E-state index in [0.29, 0.717) is 12.2 Å². The molecule has 0 aromatic heterocycles. The van der Waals surface area contributed by atoms with Gasteiger partial charge in [-0.15, -0.1) is 0 Å². The number of ether oxygens (including phenoxy) is 1. The van der Waals surface area contributed by atoms with Gasteiger partial charge in [0.15, 0.2) is 5.78 Å². The van der Waals surface area contributed by atoms with Crippen LogP contribution < -0.4 is 4.74 Å². The van der Waals surface area contributed by atoms with Gasteiger partial charge >= 0.3 is 0 Å². The number of carbonyl (C=O) groups excluding carboxylic acids is 1. The van der Waals surface area contributed by atoms with Gasteiger partial charge in [-0.05, 0) is 18.6 Å². The van der Waals surface area contributed by atoms with Crippen molar-refractivity contribution >= 4 is 5.78 Å². The Morgan fingerprint density at radius 1 is 1.50 bits per heavy atom. The van der Waals surface area contributed by atoms with Crippen LogP contribution in [0.1, 0.15) is 30.1 Å². The third-order valence-electron chi connectivity index (χ3n) is 1.95. The Hall–Kier alpha value is -1.38. The summed E-state index contributed by atoms with van der Waals surface area (Å²) in [6.07, 6.45) is 1.10. The molecule has 0 N–H and O–H groups in total. The summed E-state index contributed by atoms with van der Waals surface area (Å²) in [4.78, 5) is 11.4. The number of hydrogen-bond donors (Lipinski definition) is 0. The maximum atomic E-state index is 13.3. The molecule has 2 nitrogen and oxygen atoms in total. The van der Waals surface area contributed by atoms with Gasteiger partial charge in [0.2, 0.25) is 0 Å². The Morgan fingerprint density at radius 3 is 2.71 bits per heavy atom. The zero-order valence-electron chi connectivity index (χ0n) is 8.34. The van der Waals surface area contributed by atoms with E-state index >= 15 is 0 Å². The van der Waals surface area contributed by atoms with Crippen LogP contribution in [0, 0.1) is 5.82 Å². The SMILES string of the molecule is CCCC(=O)c1ccc(OC)cc1F. The largest absolute Gasteiger partial charge is 0.497 e. The highest BCUT2D eigenvalue weighted by atomic mass is 19.1. The molecule has 0 saturated heterocycles. The highest BCUT2D eigenvalue weighted by Gasteiger charge is 2.10. The van der Waals surface area contributed by atoms with Crippen molar-refractivity contribution in [2.75, 3.05) is 7.11 Å². The molecule has 0 aliphatic heterocycles. The normalized spacial score (nSPS) is 9.93. The van der Waals surface area contributed by atoms with Crippen LogP contribution in [0.15, 0.2) is 18.2 Å². The number of benzene rings is 1. The zero-order chi connectivity index (χ0) is 10.6. The molecule has 1 rings (SSSR count). The van der Waals surface area contributed by atoms with E-state index in [1.165, 1.54) is 19.2 Å². The van der Waals surface area contributed by atoms with Gasteiger partial charge in [-0.3, -0.25) is 4.79 Å². The molecule has 0 radical (unpaired) electrons. The summed E-state index contributed by atoms with van der Waals surface area (Å²) < 4.78 is 18.1. The predicted molar refractivity (Wildman–Crippen MR) is 52.2 cm³/mol. The molecule has 0 atom stereocenters. The molecule has 0 bridgehead atoms. The van der Waals surface area contributed by atoms with Gasteiger partial charge in [-0.25, -0.2) is 4.39 Å². The Morgan fingerprint density at radius 2 is 2.21 bits per heavy atom. The Labute approximate surface area is 82.7 Å². The molecule has 0 saturated carbocycles. The molecule has 76 valence electrons. The summed E-state index contributed by atoms with van der Waals surface area (Å²) in [5.74, 6) is -0.244. The molecule has 0 heterocycles. The average molecular weight is 196 g/mol. The average Bonchev–Trinajstić information content (AvgIpc) is 2.17. The van der Waals surface area contributed by atoms with Gasteiger partial charge < -0.3 is 4.74 Å². The number of Topliss-reactive ketones (excluding diaryl/α,β-unsaturated/α-hetero) is 1. The van der Waals surface area contributed by atoms with Gasteiger partial charge in [0, 0.05) is 12.5 Å². The first-order valence-electron chi connectivity index (χ1n) is 4.55. The lowest BCUT2D eigenvalue weighted by Gasteiger charge is -2.03. The first kappa shape index (κ1) is 10.7. The first-order valence-corrected chi connectivity index (χ1v) is 4.55. The van der Waals surface area contributed by atoms with Crippen molar-refractivity contribution in [2.45, 2.75) is 19.8 Å². The lowest BCUT2D eigenvalue weighted by atomic mass is 10.1. The predicted octanol–water partition coefficient (Wildman–Crippen LogP) is 2.82. The second kappa shape index (κ2) is 4.74. The van der Waals surface area contributed by atoms with E-state index in [1.54, 1.807) is 6.07 Å². The van der Waals surface area contributed by atoms with Crippen LogP contribution >= 0.6 is 0 Å². The number of methoxy groups -OCH3 is 1. The molecule has 0 aliphatic rings. The summed E-state index contributed by atoms with van der Waals surface area (Å²) in [6.45, 7) is 1.89. The van der Waals surface area contributed by atoms with Gasteiger partial charge in [-0.1, -0.05) is 6.92 Å². The summed E-state index contributed by atoms with van der Waals surface area (Å²) in [5.41, 5.74) is 0.146. The second-order valence-electron chi connectivity index (χ2n) is 3.02. The van der Waals surface area contributed by atoms with Crippen molar-refractivity contribution in [2.24, 2.45) is 0 Å². The molecule has 0 unspecified atom stereocenters. The van der Waals surface area contributed by atoms with E-state index in [1.807, 2.05) is 6.92 Å². The molecule has 0 spiro atoms. The fourth-order valence-corrected chi connectivity index (χ4v) is 1.21. The minimum absolute atomic E-state index is 0.146. The fourth-order valence-electron chi connectivity index (χ4n) is 1.21. The van der Waals surface area contributed by atoms with E-state index in [0.717, 1.165) is 6.42 Å². The third kappa shape index (κ3) is 2.31. The highest BCUT2D eigenvalue weighted by Crippen LogP contribution is 2.17. The first-order chi connectivity index (χ1) is 6.69. The van der Waals surface area contributed by atoms with Crippen molar-refractivity contribution in [1.82, 2.24) is 0 Å². The van der Waals surface area contributed by atoms with Crippen LogP contribution in [0.2, 0.25) is 0 Å². The van der Waals surface area contributed by atoms with E-state index in [2.05, 4.69) is 0 Å². The summed E-state index contributed by atoms with van der Waals surface area (Å²) in [5, 5.41) is 0. The molecule has 0 amide bonds. The van der Waals surface area contributed by atoms with E-state index in [4.69, 9.17) is 4.74 Å². The number of rotatable bonds is 4. The second-order valence-corrected chi connectivity index (χ2v) is 3.02. The Kier molecular flexibility index (Phi) is 3.63. The van der Waals surface area contributed by atoms with Gasteiger partial charge in [0.25, 0.3) is 0 Å². The molecular formula is C11H13FO2. The third-order valence-corrected chi connectivity index (χ3v) is 1.95. The van der Waals surface area contributed by atoms with Gasteiger partial charge in [0.05, 0.1) is 12.7 Å². The smallest absolute Gasteiger partial charge is 0.165 e. The molecule has 0 fully saturated rings. The maximum Gasteiger partial charge on any atom is 0.165 e. The van der Waals surface area contributed by atoms with Gasteiger partial charge in [-0.2, -0.15) is 0 Å². The molecule has 1 aromatic rings. The minimum atomic E-state index is -0.511. The molecular weight excluding hydrogens is 183 g/mol. The van der Waals surface area contributed by atoms with Crippen LogP contribution in [0.25, 0.3) is 0 Å². The molecule has 3 heteroatoms. The summed E-state index contributed by atoms with van der Waals surface area (Å²) in [6, 6.07) is 4.28. The van der Waals surface area contributed by atoms with E-state index in [9.17, 15) is 9.18 Å². The summed E-state index contributed by atoms with van der Waals surface area (Å²) in [7, 11) is 1.46. The monoisotopic (exact) mass is 196 g/mol. The number of hydrogen-bond acceptors (Lipinski definition) is 2. The quantitative estimate of drug-likeness (QED) is 0.692. The van der Waals surface area contributed by atoms with Crippen molar-refractivity contribution in [3.05, 3.63) is 29.6 Å². The zero-order valence-corrected chi connectivity index (χ0v) is 8.34. The van der Waals surface area contributed by atoms with Crippen LogP contribution in [-0.2, 0) is 0 Å². The fraction of sp³-hybridized carbons (Fsp3) is 0.364. The lowest BCUT2D eigenvalue weighted by molar-refractivity contribution is 0.0978. The van der Waals surface area contributed by atoms with Crippen molar-refractivity contribution < 1.29 is 13.9 Å². The van der Waals surface area contributed by atoms with E-state index < -0.39 is 5.82 Å². The number of ketones is 1. The topological polar surface area (TPSA) is 26.3 Å². The van der Waals surface area contributed by atoms with Crippen LogP contribution in [0.4, 0.5) is 4.39 Å². The standard InChI is InChI=1S/C11H13FO2/c1-3-4-11(13)9-6-5-8(14-2)7-10(9)12/h5-7H,3-4H2,1-2H3. The number of carbonyl (C=O) groups is 1. The van der Waals surface area contributed by atoms with Crippen molar-refractivity contribution in [3.63, 3.8) is 0 Å². The Balaban J connectivity index is 2.94. The molecule has 0 aliphatic carbocycles. The van der Waals surface area contributed by atoms with Gasteiger partial charge in [0.1, 0.15) is 11.6 Å². The van der Waals surface area contributed by atoms with Crippen LogP contribution in [0.3, 0.4) is 0 Å². The van der Waals surface area contributed by atoms with Crippen LogP contribution in [-0.4, -0.2) is 12.9 Å². The Bertz CT molecular complexity index is 334. The minimum Gasteiger partial charge on any atom is -0.497 e. The lowest BCUT2D eigenvalue weighted by Crippen LogP contribution is -2.01. The van der Waals surface area contributed by atoms with Crippen molar-refractivity contribution in [3.8, 4) is 5.75 Å². The molecule has 1 aromatic carbocycles.